The fourth-order valence-corrected chi connectivity index (χ4v) is 5.08. The molecule has 0 aliphatic rings. The Morgan fingerprint density at radius 2 is 1.73 bits per heavy atom. The fraction of sp³-hybridized carbons (Fsp3) is 0.0769. The second-order valence-electron chi connectivity index (χ2n) is 7.41. The fourth-order valence-electron chi connectivity index (χ4n) is 3.77. The molecule has 0 unspecified atom stereocenters. The van der Waals surface area contributed by atoms with E-state index in [-0.39, 0.29) is 6.47 Å². The van der Waals surface area contributed by atoms with Crippen LogP contribution in [0.2, 0.25) is 5.02 Å². The van der Waals surface area contributed by atoms with Crippen molar-refractivity contribution >= 4 is 40.7 Å². The van der Waals surface area contributed by atoms with Crippen LogP contribution in [-0.4, -0.2) is 25.9 Å². The number of rotatable bonds is 4. The summed E-state index contributed by atoms with van der Waals surface area (Å²) in [5.41, 5.74) is 5.56. The summed E-state index contributed by atoms with van der Waals surface area (Å²) in [6.45, 7) is 4.03. The van der Waals surface area contributed by atoms with Crippen LogP contribution in [0.4, 0.5) is 0 Å². The van der Waals surface area contributed by atoms with Crippen molar-refractivity contribution in [2.24, 2.45) is 0 Å². The largest absolute Gasteiger partial charge is 0.483 e. The molecule has 0 atom stereocenters. The van der Waals surface area contributed by atoms with Crippen LogP contribution < -0.4 is 0 Å². The average Bonchev–Trinajstić information content (AvgIpc) is 3.38. The maximum Gasteiger partial charge on any atom is 0.290 e. The third-order valence-corrected chi connectivity index (χ3v) is 6.61. The number of aromatic nitrogens is 3. The van der Waals surface area contributed by atoms with Crippen molar-refractivity contribution < 1.29 is 9.90 Å². The van der Waals surface area contributed by atoms with Gasteiger partial charge in [0.25, 0.3) is 6.47 Å². The van der Waals surface area contributed by atoms with E-state index in [9.17, 15) is 0 Å². The predicted molar refractivity (Wildman–Crippen MR) is 134 cm³/mol. The van der Waals surface area contributed by atoms with Crippen LogP contribution in [-0.2, 0) is 4.79 Å². The van der Waals surface area contributed by atoms with E-state index in [0.29, 0.717) is 0 Å². The van der Waals surface area contributed by atoms with E-state index in [0.717, 1.165) is 21.9 Å². The molecule has 0 aliphatic carbocycles. The smallest absolute Gasteiger partial charge is 0.290 e. The van der Waals surface area contributed by atoms with Crippen LogP contribution in [0.15, 0.2) is 95.0 Å². The Kier molecular flexibility index (Phi) is 6.87. The molecule has 0 spiro atoms. The summed E-state index contributed by atoms with van der Waals surface area (Å²) in [5, 5.41) is 13.4. The zero-order valence-electron chi connectivity index (χ0n) is 18.1. The molecule has 5 nitrogen and oxygen atoms in total. The van der Waals surface area contributed by atoms with Gasteiger partial charge in [-0.05, 0) is 50.2 Å². The van der Waals surface area contributed by atoms with E-state index in [4.69, 9.17) is 21.5 Å². The lowest BCUT2D eigenvalue weighted by Gasteiger charge is -2.06. The molecule has 166 valence electrons. The van der Waals surface area contributed by atoms with Gasteiger partial charge in [-0.3, -0.25) is 4.79 Å². The van der Waals surface area contributed by atoms with Crippen molar-refractivity contribution in [3.63, 3.8) is 0 Å². The summed E-state index contributed by atoms with van der Waals surface area (Å²) in [6, 6.07) is 24.8. The lowest BCUT2D eigenvalue weighted by Crippen LogP contribution is -1.96. The summed E-state index contributed by atoms with van der Waals surface area (Å²) in [6.07, 6.45) is 3.96. The molecule has 0 saturated heterocycles. The first kappa shape index (κ1) is 22.7. The quantitative estimate of drug-likeness (QED) is 0.286. The highest BCUT2D eigenvalue weighted by molar-refractivity contribution is 7.99. The number of hydrogen-bond acceptors (Lipinski definition) is 3. The van der Waals surface area contributed by atoms with Crippen molar-refractivity contribution in [3.05, 3.63) is 101 Å². The Labute approximate surface area is 201 Å². The number of benzene rings is 3. The van der Waals surface area contributed by atoms with Crippen molar-refractivity contribution in [1.82, 2.24) is 14.3 Å². The minimum atomic E-state index is -0.250. The molecule has 7 heteroatoms. The lowest BCUT2D eigenvalue weighted by atomic mass is 10.2. The minimum absolute atomic E-state index is 0.250. The van der Waals surface area contributed by atoms with Crippen LogP contribution in [0.25, 0.3) is 22.3 Å². The van der Waals surface area contributed by atoms with Gasteiger partial charge in [0.15, 0.2) is 0 Å². The van der Waals surface area contributed by atoms with Crippen LogP contribution in [0.1, 0.15) is 11.3 Å². The Bertz CT molecular complexity index is 1410. The van der Waals surface area contributed by atoms with Crippen molar-refractivity contribution in [1.29, 1.82) is 0 Å². The molecule has 0 fully saturated rings. The molecular formula is C26H22ClN3O2S. The van der Waals surface area contributed by atoms with E-state index in [1.54, 1.807) is 11.8 Å². The number of carbonyl (C=O) groups is 1. The van der Waals surface area contributed by atoms with E-state index < -0.39 is 0 Å². The normalized spacial score (nSPS) is 10.6. The minimum Gasteiger partial charge on any atom is -0.483 e. The third-order valence-electron chi connectivity index (χ3n) is 5.17. The van der Waals surface area contributed by atoms with E-state index in [1.165, 1.54) is 26.4 Å². The highest BCUT2D eigenvalue weighted by atomic mass is 35.5. The first-order chi connectivity index (χ1) is 16.0. The van der Waals surface area contributed by atoms with Crippen LogP contribution in [0, 0.1) is 13.8 Å². The summed E-state index contributed by atoms with van der Waals surface area (Å²) >= 11 is 8.17. The van der Waals surface area contributed by atoms with Gasteiger partial charge in [-0.1, -0.05) is 65.3 Å². The van der Waals surface area contributed by atoms with Gasteiger partial charge in [-0.15, -0.1) is 0 Å². The van der Waals surface area contributed by atoms with Crippen molar-refractivity contribution in [3.8, 4) is 11.4 Å². The number of halogens is 1. The SMILES string of the molecule is Cc1cccc(Sc2c(C)n(-c3cnn(-c4ccccc4)c3)c3cc(Cl)ccc23)c1.O=CO. The monoisotopic (exact) mass is 475 g/mol. The molecule has 0 amide bonds. The summed E-state index contributed by atoms with van der Waals surface area (Å²) in [7, 11) is 0. The molecule has 2 heterocycles. The summed E-state index contributed by atoms with van der Waals surface area (Å²) in [5.74, 6) is 0. The molecule has 2 aromatic heterocycles. The Morgan fingerprint density at radius 1 is 0.970 bits per heavy atom. The van der Waals surface area contributed by atoms with Crippen LogP contribution in [0.3, 0.4) is 0 Å². The molecule has 0 bridgehead atoms. The molecule has 5 aromatic rings. The Hall–Kier alpha value is -3.48. The molecule has 5 rings (SSSR count). The highest BCUT2D eigenvalue weighted by Gasteiger charge is 2.18. The number of aryl methyl sites for hydroxylation is 1. The lowest BCUT2D eigenvalue weighted by molar-refractivity contribution is -0.122. The zero-order valence-corrected chi connectivity index (χ0v) is 19.7. The molecule has 0 aliphatic heterocycles. The van der Waals surface area contributed by atoms with Gasteiger partial charge in [0.05, 0.1) is 29.3 Å². The van der Waals surface area contributed by atoms with Gasteiger partial charge >= 0.3 is 0 Å². The van der Waals surface area contributed by atoms with E-state index in [1.807, 2.05) is 53.3 Å². The van der Waals surface area contributed by atoms with Gasteiger partial charge in [0, 0.05) is 25.9 Å². The molecule has 33 heavy (non-hydrogen) atoms. The second kappa shape index (κ2) is 9.98. The number of nitrogens with zero attached hydrogens (tertiary/aromatic N) is 3. The van der Waals surface area contributed by atoms with Crippen LogP contribution >= 0.6 is 23.4 Å². The first-order valence-electron chi connectivity index (χ1n) is 10.2. The summed E-state index contributed by atoms with van der Waals surface area (Å²) < 4.78 is 4.14. The topological polar surface area (TPSA) is 60.0 Å². The van der Waals surface area contributed by atoms with Gasteiger partial charge in [0.1, 0.15) is 0 Å². The van der Waals surface area contributed by atoms with Gasteiger partial charge in [0.2, 0.25) is 0 Å². The standard InChI is InChI=1S/C25H20ClN3S.CH2O2/c1-17-7-6-10-22(13-17)30-25-18(2)29(24-14-19(26)11-12-23(24)25)21-15-27-28(16-21)20-8-4-3-5-9-20;2-1-3/h3-16H,1-2H3;1H,(H,2,3). The van der Waals surface area contributed by atoms with Gasteiger partial charge < -0.3 is 9.67 Å². The maximum atomic E-state index is 8.36. The molecule has 0 saturated carbocycles. The number of hydrogen-bond donors (Lipinski definition) is 1. The molecule has 3 aromatic carbocycles. The molecular weight excluding hydrogens is 454 g/mol. The first-order valence-corrected chi connectivity index (χ1v) is 11.4. The Balaban J connectivity index is 0.000000821. The number of fused-ring (bicyclic) bond motifs is 1. The zero-order chi connectivity index (χ0) is 23.4. The van der Waals surface area contributed by atoms with Gasteiger partial charge in [-0.2, -0.15) is 5.10 Å². The molecule has 1 N–H and O–H groups in total. The second-order valence-corrected chi connectivity index (χ2v) is 8.93. The highest BCUT2D eigenvalue weighted by Crippen LogP contribution is 2.40. The molecule has 0 radical (unpaired) electrons. The average molecular weight is 476 g/mol. The number of para-hydroxylation sites is 1. The van der Waals surface area contributed by atoms with E-state index >= 15 is 0 Å². The third kappa shape index (κ3) is 4.82. The number of carboxylic acid groups (broad SMARTS) is 1. The predicted octanol–water partition coefficient (Wildman–Crippen LogP) is 6.94. The summed E-state index contributed by atoms with van der Waals surface area (Å²) in [4.78, 5) is 10.8. The maximum absolute atomic E-state index is 8.36. The van der Waals surface area contributed by atoms with Crippen molar-refractivity contribution in [2.45, 2.75) is 23.6 Å². The van der Waals surface area contributed by atoms with Crippen LogP contribution in [0.5, 0.6) is 0 Å². The Morgan fingerprint density at radius 3 is 2.45 bits per heavy atom. The van der Waals surface area contributed by atoms with Gasteiger partial charge in [-0.25, -0.2) is 4.68 Å². The van der Waals surface area contributed by atoms with E-state index in [2.05, 4.69) is 60.0 Å². The van der Waals surface area contributed by atoms with Crippen molar-refractivity contribution in [2.75, 3.05) is 0 Å².